The summed E-state index contributed by atoms with van der Waals surface area (Å²) >= 11 is 0. The molecule has 156 valence electrons. The number of halogens is 3. The van der Waals surface area contributed by atoms with E-state index in [9.17, 15) is 13.2 Å². The Bertz CT molecular complexity index is 1220. The standard InChI is InChI=1S/C19H19F3N8/c1-10-25-14-3-2-13(26-18(14)29(10)9-17(21)22)11-4-5-30-16(11)8-24-19(28-30)27-15-7-23-6-12(15)20/h2-5,8,12,15,17,23H,6-7,9H2,1H3,(H,27,28). The number of nitrogens with one attached hydrogen (secondary N) is 2. The summed E-state index contributed by atoms with van der Waals surface area (Å²) in [6.45, 7) is 2.04. The molecule has 8 nitrogen and oxygen atoms in total. The fourth-order valence-corrected chi connectivity index (χ4v) is 3.76. The number of hydrogen-bond acceptors (Lipinski definition) is 6. The van der Waals surface area contributed by atoms with Gasteiger partial charge in [-0.05, 0) is 25.1 Å². The highest BCUT2D eigenvalue weighted by Crippen LogP contribution is 2.26. The topological polar surface area (TPSA) is 85.0 Å². The minimum Gasteiger partial charge on any atom is -0.346 e. The summed E-state index contributed by atoms with van der Waals surface area (Å²) in [6, 6.07) is 5.01. The molecule has 5 heterocycles. The molecule has 0 spiro atoms. The summed E-state index contributed by atoms with van der Waals surface area (Å²) in [6.07, 6.45) is -0.110. The van der Waals surface area contributed by atoms with Crippen LogP contribution in [-0.2, 0) is 6.54 Å². The molecule has 0 aliphatic carbocycles. The molecule has 2 unspecified atom stereocenters. The van der Waals surface area contributed by atoms with Gasteiger partial charge < -0.3 is 15.2 Å². The van der Waals surface area contributed by atoms with E-state index in [0.29, 0.717) is 47.2 Å². The monoisotopic (exact) mass is 416 g/mol. The van der Waals surface area contributed by atoms with Crippen LogP contribution in [0.2, 0.25) is 0 Å². The number of aryl methyl sites for hydroxylation is 1. The molecule has 1 saturated heterocycles. The first kappa shape index (κ1) is 18.8. The van der Waals surface area contributed by atoms with Crippen LogP contribution in [0.25, 0.3) is 27.9 Å². The Morgan fingerprint density at radius 3 is 2.87 bits per heavy atom. The number of aromatic nitrogens is 6. The first-order valence-corrected chi connectivity index (χ1v) is 9.57. The molecule has 30 heavy (non-hydrogen) atoms. The molecule has 0 saturated carbocycles. The largest absolute Gasteiger partial charge is 0.346 e. The highest BCUT2D eigenvalue weighted by atomic mass is 19.3. The number of nitrogens with zero attached hydrogens (tertiary/aromatic N) is 6. The molecule has 4 aromatic heterocycles. The normalized spacial score (nSPS) is 19.4. The molecule has 0 radical (unpaired) electrons. The lowest BCUT2D eigenvalue weighted by atomic mass is 10.2. The van der Waals surface area contributed by atoms with Gasteiger partial charge in [0.15, 0.2) is 5.65 Å². The van der Waals surface area contributed by atoms with E-state index in [1.165, 1.54) is 4.57 Å². The van der Waals surface area contributed by atoms with Crippen LogP contribution >= 0.6 is 0 Å². The first-order valence-electron chi connectivity index (χ1n) is 9.57. The third kappa shape index (κ3) is 3.24. The fraction of sp³-hybridized carbons (Fsp3) is 0.368. The van der Waals surface area contributed by atoms with Crippen molar-refractivity contribution in [3.63, 3.8) is 0 Å². The number of rotatable bonds is 5. The Hall–Kier alpha value is -3.21. The third-order valence-corrected chi connectivity index (χ3v) is 5.25. The van der Waals surface area contributed by atoms with Crippen LogP contribution in [0.15, 0.2) is 30.6 Å². The molecule has 11 heteroatoms. The van der Waals surface area contributed by atoms with Gasteiger partial charge in [-0.15, -0.1) is 5.10 Å². The second-order valence-corrected chi connectivity index (χ2v) is 7.27. The summed E-state index contributed by atoms with van der Waals surface area (Å²) < 4.78 is 42.8. The Balaban J connectivity index is 1.50. The first-order chi connectivity index (χ1) is 14.5. The van der Waals surface area contributed by atoms with E-state index < -0.39 is 19.1 Å². The zero-order valence-electron chi connectivity index (χ0n) is 16.1. The van der Waals surface area contributed by atoms with Crippen molar-refractivity contribution < 1.29 is 13.2 Å². The molecule has 1 aliphatic heterocycles. The highest BCUT2D eigenvalue weighted by molar-refractivity contribution is 5.82. The molecule has 4 aromatic rings. The maximum absolute atomic E-state index is 13.8. The Kier molecular flexibility index (Phi) is 4.54. The van der Waals surface area contributed by atoms with Gasteiger partial charge in [0.2, 0.25) is 5.95 Å². The lowest BCUT2D eigenvalue weighted by molar-refractivity contribution is 0.127. The van der Waals surface area contributed by atoms with E-state index in [1.807, 2.05) is 6.07 Å². The number of alkyl halides is 3. The molecule has 2 N–H and O–H groups in total. The molecular formula is C19H19F3N8. The molecule has 1 fully saturated rings. The summed E-state index contributed by atoms with van der Waals surface area (Å²) in [7, 11) is 0. The summed E-state index contributed by atoms with van der Waals surface area (Å²) in [5, 5.41) is 10.4. The van der Waals surface area contributed by atoms with Crippen LogP contribution in [0.1, 0.15) is 5.82 Å². The van der Waals surface area contributed by atoms with Crippen molar-refractivity contribution in [2.75, 3.05) is 18.4 Å². The van der Waals surface area contributed by atoms with Crippen molar-refractivity contribution in [3.8, 4) is 11.3 Å². The van der Waals surface area contributed by atoms with E-state index in [4.69, 9.17) is 0 Å². The van der Waals surface area contributed by atoms with Crippen LogP contribution in [0, 0.1) is 6.92 Å². The SMILES string of the molecule is Cc1nc2ccc(-c3ccn4nc(NC5CNCC5F)ncc34)nc2n1CC(F)F. The predicted octanol–water partition coefficient (Wildman–Crippen LogP) is 2.44. The second kappa shape index (κ2) is 7.24. The van der Waals surface area contributed by atoms with Crippen molar-refractivity contribution in [1.29, 1.82) is 0 Å². The van der Waals surface area contributed by atoms with E-state index in [2.05, 4.69) is 30.7 Å². The van der Waals surface area contributed by atoms with Gasteiger partial charge in [-0.25, -0.2) is 32.6 Å². The van der Waals surface area contributed by atoms with Gasteiger partial charge in [-0.1, -0.05) is 0 Å². The van der Waals surface area contributed by atoms with Crippen LogP contribution in [0.3, 0.4) is 0 Å². The molecule has 0 amide bonds. The predicted molar refractivity (Wildman–Crippen MR) is 105 cm³/mol. The molecule has 2 atom stereocenters. The van der Waals surface area contributed by atoms with Crippen molar-refractivity contribution in [1.82, 2.24) is 34.4 Å². The van der Waals surface area contributed by atoms with Gasteiger partial charge >= 0.3 is 0 Å². The quantitative estimate of drug-likeness (QED) is 0.520. The number of anilines is 1. The van der Waals surface area contributed by atoms with Gasteiger partial charge in [-0.2, -0.15) is 0 Å². The Morgan fingerprint density at radius 1 is 1.23 bits per heavy atom. The minimum absolute atomic E-state index is 0.309. The molecule has 0 bridgehead atoms. The van der Waals surface area contributed by atoms with Gasteiger partial charge in [-0.3, -0.25) is 0 Å². The van der Waals surface area contributed by atoms with Gasteiger partial charge in [0, 0.05) is 24.8 Å². The van der Waals surface area contributed by atoms with Crippen LogP contribution < -0.4 is 10.6 Å². The van der Waals surface area contributed by atoms with Crippen LogP contribution in [-0.4, -0.2) is 60.9 Å². The zero-order valence-corrected chi connectivity index (χ0v) is 16.1. The fourth-order valence-electron chi connectivity index (χ4n) is 3.76. The van der Waals surface area contributed by atoms with E-state index in [-0.39, 0.29) is 6.04 Å². The van der Waals surface area contributed by atoms with Gasteiger partial charge in [0.05, 0.1) is 30.0 Å². The van der Waals surface area contributed by atoms with E-state index in [1.54, 1.807) is 36.0 Å². The minimum atomic E-state index is -2.50. The van der Waals surface area contributed by atoms with Crippen molar-refractivity contribution in [2.24, 2.45) is 0 Å². The van der Waals surface area contributed by atoms with E-state index in [0.717, 1.165) is 5.56 Å². The average Bonchev–Trinajstić information content (AvgIpc) is 3.39. The Labute approximate surface area is 169 Å². The summed E-state index contributed by atoms with van der Waals surface area (Å²) in [4.78, 5) is 13.2. The Morgan fingerprint density at radius 2 is 2.10 bits per heavy atom. The lowest BCUT2D eigenvalue weighted by Gasteiger charge is -2.13. The summed E-state index contributed by atoms with van der Waals surface area (Å²) in [5.74, 6) is 0.818. The van der Waals surface area contributed by atoms with Crippen molar-refractivity contribution in [2.45, 2.75) is 32.1 Å². The molecule has 1 aliphatic rings. The average molecular weight is 416 g/mol. The number of imidazole rings is 1. The van der Waals surface area contributed by atoms with E-state index >= 15 is 0 Å². The maximum Gasteiger partial charge on any atom is 0.256 e. The van der Waals surface area contributed by atoms with Gasteiger partial charge in [0.25, 0.3) is 6.43 Å². The van der Waals surface area contributed by atoms with Crippen LogP contribution in [0.4, 0.5) is 19.1 Å². The maximum atomic E-state index is 13.8. The van der Waals surface area contributed by atoms with Gasteiger partial charge in [0.1, 0.15) is 17.5 Å². The number of pyridine rings is 1. The van der Waals surface area contributed by atoms with Crippen molar-refractivity contribution >= 4 is 22.6 Å². The third-order valence-electron chi connectivity index (χ3n) is 5.25. The number of hydrogen-bond donors (Lipinski definition) is 2. The highest BCUT2D eigenvalue weighted by Gasteiger charge is 2.27. The lowest BCUT2D eigenvalue weighted by Crippen LogP contribution is -2.30. The smallest absolute Gasteiger partial charge is 0.256 e. The van der Waals surface area contributed by atoms with Crippen molar-refractivity contribution in [3.05, 3.63) is 36.4 Å². The van der Waals surface area contributed by atoms with Crippen LogP contribution in [0.5, 0.6) is 0 Å². The molecule has 5 rings (SSSR count). The number of fused-ring (bicyclic) bond motifs is 2. The zero-order chi connectivity index (χ0) is 20.8. The molecular weight excluding hydrogens is 397 g/mol. The molecule has 0 aromatic carbocycles. The summed E-state index contributed by atoms with van der Waals surface area (Å²) in [5.41, 5.74) is 3.04. The second-order valence-electron chi connectivity index (χ2n) is 7.27.